The van der Waals surface area contributed by atoms with E-state index in [1.54, 1.807) is 18.4 Å². The summed E-state index contributed by atoms with van der Waals surface area (Å²) in [5.74, 6) is -0.0782. The van der Waals surface area contributed by atoms with Gasteiger partial charge in [0.15, 0.2) is 0 Å². The van der Waals surface area contributed by atoms with Crippen molar-refractivity contribution in [1.29, 1.82) is 0 Å². The van der Waals surface area contributed by atoms with Crippen LogP contribution in [0.4, 0.5) is 5.13 Å². The molecule has 1 aromatic heterocycles. The molecule has 0 atom stereocenters. The Morgan fingerprint density at radius 3 is 3.00 bits per heavy atom. The fourth-order valence-corrected chi connectivity index (χ4v) is 2.54. The van der Waals surface area contributed by atoms with Gasteiger partial charge < -0.3 is 9.84 Å². The summed E-state index contributed by atoms with van der Waals surface area (Å²) < 4.78 is 4.88. The van der Waals surface area contributed by atoms with Crippen LogP contribution >= 0.6 is 11.3 Å². The van der Waals surface area contributed by atoms with E-state index in [-0.39, 0.29) is 18.1 Å². The number of anilines is 1. The summed E-state index contributed by atoms with van der Waals surface area (Å²) in [5.41, 5.74) is 5.92. The molecule has 0 amide bonds. The first-order chi connectivity index (χ1) is 11.0. The van der Waals surface area contributed by atoms with Crippen molar-refractivity contribution in [3.8, 4) is 5.75 Å². The monoisotopic (exact) mass is 333 g/mol. The first-order valence-corrected chi connectivity index (χ1v) is 8.07. The second-order valence-electron chi connectivity index (χ2n) is 4.94. The number of esters is 1. The number of nitrogens with one attached hydrogen (secondary N) is 1. The Labute approximate surface area is 138 Å². The topological polar surface area (TPSA) is 83.8 Å². The normalized spacial score (nSPS) is 10.9. The maximum atomic E-state index is 11.4. The minimum absolute atomic E-state index is 0.147. The number of ether oxygens (including phenoxy) is 1. The number of hydrogen-bond acceptors (Lipinski definition) is 7. The van der Waals surface area contributed by atoms with Crippen LogP contribution in [0.5, 0.6) is 5.75 Å². The van der Waals surface area contributed by atoms with Crippen molar-refractivity contribution in [3.05, 3.63) is 39.9 Å². The molecule has 2 rings (SSSR count). The molecule has 2 N–H and O–H groups in total. The summed E-state index contributed by atoms with van der Waals surface area (Å²) in [6, 6.07) is 3.73. The van der Waals surface area contributed by atoms with E-state index in [9.17, 15) is 9.90 Å². The molecule has 0 fully saturated rings. The van der Waals surface area contributed by atoms with E-state index in [4.69, 9.17) is 4.74 Å². The second-order valence-corrected chi connectivity index (χ2v) is 5.80. The number of hydrazone groups is 1. The number of aryl methyl sites for hydroxylation is 1. The maximum absolute atomic E-state index is 11.4. The molecule has 0 aliphatic heterocycles. The number of phenolic OH excluding ortho intramolecular Hbond substituents is 1. The maximum Gasteiger partial charge on any atom is 0.311 e. The molecule has 7 heteroatoms. The molecule has 0 aliphatic carbocycles. The van der Waals surface area contributed by atoms with Gasteiger partial charge in [0.25, 0.3) is 0 Å². The molecule has 0 saturated heterocycles. The highest BCUT2D eigenvalue weighted by Gasteiger charge is 2.08. The van der Waals surface area contributed by atoms with Crippen LogP contribution in [0.2, 0.25) is 0 Å². The van der Waals surface area contributed by atoms with Crippen LogP contribution in [0.3, 0.4) is 0 Å². The largest absolute Gasteiger partial charge is 0.507 e. The Bertz CT molecular complexity index is 725. The molecule has 0 unspecified atom stereocenters. The average molecular weight is 333 g/mol. The molecule has 6 nitrogen and oxygen atoms in total. The number of benzene rings is 1. The minimum Gasteiger partial charge on any atom is -0.507 e. The molecule has 0 aliphatic rings. The number of rotatable bonds is 6. The zero-order valence-electron chi connectivity index (χ0n) is 13.3. The third-order valence-electron chi connectivity index (χ3n) is 3.28. The Hall–Kier alpha value is -2.41. The first kappa shape index (κ1) is 17.0. The van der Waals surface area contributed by atoms with Gasteiger partial charge in [0.2, 0.25) is 5.13 Å². The minimum atomic E-state index is -0.298. The van der Waals surface area contributed by atoms with E-state index in [2.05, 4.69) is 15.5 Å². The second kappa shape index (κ2) is 7.73. The van der Waals surface area contributed by atoms with E-state index >= 15 is 0 Å². The molecular formula is C16H19N3O3S. The summed E-state index contributed by atoms with van der Waals surface area (Å²) in [6.07, 6.45) is 1.68. The van der Waals surface area contributed by atoms with Crippen LogP contribution in [0, 0.1) is 13.8 Å². The standard InChI is InChI=1S/C16H19N3O3S/c1-4-22-14(20)7-13-9-23-16(18-13)19-17-8-12-6-5-10(2)11(3)15(12)21/h5-6,8-9,21H,4,7H2,1-3H3,(H,18,19). The van der Waals surface area contributed by atoms with Crippen molar-refractivity contribution in [1.82, 2.24) is 4.98 Å². The first-order valence-electron chi connectivity index (χ1n) is 7.19. The number of hydrogen-bond donors (Lipinski definition) is 2. The van der Waals surface area contributed by atoms with Crippen molar-refractivity contribution in [3.63, 3.8) is 0 Å². The van der Waals surface area contributed by atoms with Gasteiger partial charge >= 0.3 is 5.97 Å². The Balaban J connectivity index is 1.97. The van der Waals surface area contributed by atoms with Gasteiger partial charge in [0.1, 0.15) is 5.75 Å². The Morgan fingerprint density at radius 2 is 2.26 bits per heavy atom. The van der Waals surface area contributed by atoms with E-state index in [1.807, 2.05) is 19.9 Å². The molecule has 23 heavy (non-hydrogen) atoms. The van der Waals surface area contributed by atoms with Crippen LogP contribution in [0.15, 0.2) is 22.6 Å². The lowest BCUT2D eigenvalue weighted by Crippen LogP contribution is -2.07. The highest BCUT2D eigenvalue weighted by atomic mass is 32.1. The molecule has 0 saturated carbocycles. The van der Waals surface area contributed by atoms with Crippen molar-refractivity contribution in [2.75, 3.05) is 12.0 Å². The molecular weight excluding hydrogens is 314 g/mol. The Morgan fingerprint density at radius 1 is 1.48 bits per heavy atom. The lowest BCUT2D eigenvalue weighted by molar-refractivity contribution is -0.142. The van der Waals surface area contributed by atoms with Gasteiger partial charge in [-0.15, -0.1) is 11.3 Å². The zero-order chi connectivity index (χ0) is 16.8. The SMILES string of the molecule is CCOC(=O)Cc1csc(NN=Cc2ccc(C)c(C)c2O)n1. The highest BCUT2D eigenvalue weighted by molar-refractivity contribution is 7.13. The smallest absolute Gasteiger partial charge is 0.311 e. The van der Waals surface area contributed by atoms with E-state index in [0.29, 0.717) is 23.0 Å². The third kappa shape index (κ3) is 4.53. The zero-order valence-corrected chi connectivity index (χ0v) is 14.1. The van der Waals surface area contributed by atoms with E-state index < -0.39 is 0 Å². The summed E-state index contributed by atoms with van der Waals surface area (Å²) in [7, 11) is 0. The van der Waals surface area contributed by atoms with Gasteiger partial charge in [0.05, 0.1) is 24.9 Å². The molecule has 0 bridgehead atoms. The van der Waals surface area contributed by atoms with Crippen molar-refractivity contribution < 1.29 is 14.6 Å². The number of aromatic nitrogens is 1. The van der Waals surface area contributed by atoms with Crippen LogP contribution in [-0.2, 0) is 16.0 Å². The van der Waals surface area contributed by atoms with Crippen molar-refractivity contribution >= 4 is 28.7 Å². The summed E-state index contributed by atoms with van der Waals surface area (Å²) in [5, 5.41) is 16.5. The van der Waals surface area contributed by atoms with Crippen LogP contribution in [-0.4, -0.2) is 28.9 Å². The quantitative estimate of drug-likeness (QED) is 0.482. The van der Waals surface area contributed by atoms with E-state index in [1.165, 1.54) is 17.6 Å². The fourth-order valence-electron chi connectivity index (χ4n) is 1.88. The third-order valence-corrected chi connectivity index (χ3v) is 4.08. The van der Waals surface area contributed by atoms with Crippen LogP contribution < -0.4 is 5.43 Å². The van der Waals surface area contributed by atoms with Gasteiger partial charge in [-0.25, -0.2) is 4.98 Å². The number of phenols is 1. The predicted molar refractivity (Wildman–Crippen MR) is 91.2 cm³/mol. The lowest BCUT2D eigenvalue weighted by atomic mass is 10.1. The lowest BCUT2D eigenvalue weighted by Gasteiger charge is -2.05. The Kier molecular flexibility index (Phi) is 5.70. The number of aromatic hydroxyl groups is 1. The summed E-state index contributed by atoms with van der Waals surface area (Å²) >= 11 is 1.35. The molecule has 1 heterocycles. The van der Waals surface area contributed by atoms with Gasteiger partial charge in [-0.3, -0.25) is 10.2 Å². The fraction of sp³-hybridized carbons (Fsp3) is 0.312. The predicted octanol–water partition coefficient (Wildman–Crippen LogP) is 3.02. The highest BCUT2D eigenvalue weighted by Crippen LogP contribution is 2.23. The number of carbonyl (C=O) groups excluding carboxylic acids is 1. The van der Waals surface area contributed by atoms with Gasteiger partial charge in [0, 0.05) is 10.9 Å². The molecule has 0 radical (unpaired) electrons. The number of carbonyl (C=O) groups is 1. The molecule has 0 spiro atoms. The average Bonchev–Trinajstić information content (AvgIpc) is 2.95. The molecule has 122 valence electrons. The van der Waals surface area contributed by atoms with Crippen LogP contribution in [0.25, 0.3) is 0 Å². The number of thiazole rings is 1. The van der Waals surface area contributed by atoms with Crippen LogP contribution in [0.1, 0.15) is 29.3 Å². The van der Waals surface area contributed by atoms with E-state index in [0.717, 1.165) is 11.1 Å². The van der Waals surface area contributed by atoms with Crippen molar-refractivity contribution in [2.24, 2.45) is 5.10 Å². The van der Waals surface area contributed by atoms with Gasteiger partial charge in [-0.2, -0.15) is 5.10 Å². The van der Waals surface area contributed by atoms with Gasteiger partial charge in [-0.05, 0) is 38.0 Å². The molecule has 1 aromatic carbocycles. The van der Waals surface area contributed by atoms with Gasteiger partial charge in [-0.1, -0.05) is 6.07 Å². The van der Waals surface area contributed by atoms with Crippen molar-refractivity contribution in [2.45, 2.75) is 27.2 Å². The number of nitrogens with zero attached hydrogens (tertiary/aromatic N) is 2. The summed E-state index contributed by atoms with van der Waals surface area (Å²) in [4.78, 5) is 15.6. The summed E-state index contributed by atoms with van der Waals surface area (Å²) in [6.45, 7) is 5.92. The molecule has 2 aromatic rings.